The summed E-state index contributed by atoms with van der Waals surface area (Å²) in [7, 11) is 0. The number of hydrogen-bond donors (Lipinski definition) is 2. The molecule has 2 N–H and O–H groups in total. The molecule has 0 saturated heterocycles. The number of aromatic nitrogens is 4. The molecule has 0 radical (unpaired) electrons. The molecule has 2 aromatic heterocycles. The van der Waals surface area contributed by atoms with Crippen molar-refractivity contribution < 1.29 is 4.79 Å². The zero-order valence-corrected chi connectivity index (χ0v) is 10.5. The summed E-state index contributed by atoms with van der Waals surface area (Å²) in [4.78, 5) is 20.0. The molecule has 0 unspecified atom stereocenters. The molecule has 0 aliphatic heterocycles. The topological polar surface area (TPSA) is 92.7 Å². The number of carbonyl (C=O) groups excluding carboxylic acids is 1. The Morgan fingerprint density at radius 1 is 1.26 bits per heavy atom. The summed E-state index contributed by atoms with van der Waals surface area (Å²) < 4.78 is 0. The van der Waals surface area contributed by atoms with Crippen molar-refractivity contribution in [2.75, 3.05) is 17.2 Å². The Labute approximate surface area is 110 Å². The quantitative estimate of drug-likeness (QED) is 0.840. The highest BCUT2D eigenvalue weighted by Crippen LogP contribution is 2.04. The number of amides is 1. The van der Waals surface area contributed by atoms with Gasteiger partial charge in [0.05, 0.1) is 12.4 Å². The Bertz CT molecular complexity index is 528. The third-order valence-electron chi connectivity index (χ3n) is 2.25. The molecule has 7 heteroatoms. The van der Waals surface area contributed by atoms with Crippen LogP contribution in [0.5, 0.6) is 0 Å². The first-order valence-electron chi connectivity index (χ1n) is 5.94. The number of rotatable bonds is 5. The molecule has 0 fully saturated rings. The molecule has 0 aliphatic rings. The van der Waals surface area contributed by atoms with Crippen LogP contribution in [0.2, 0.25) is 0 Å². The van der Waals surface area contributed by atoms with E-state index in [2.05, 4.69) is 37.7 Å². The van der Waals surface area contributed by atoms with Crippen LogP contribution in [0.3, 0.4) is 0 Å². The molecule has 0 aromatic carbocycles. The van der Waals surface area contributed by atoms with Crippen molar-refractivity contribution in [3.8, 4) is 0 Å². The highest BCUT2D eigenvalue weighted by Gasteiger charge is 2.08. The molecule has 2 aromatic rings. The van der Waals surface area contributed by atoms with Gasteiger partial charge in [-0.2, -0.15) is 5.10 Å². The highest BCUT2D eigenvalue weighted by molar-refractivity contribution is 6.02. The van der Waals surface area contributed by atoms with Gasteiger partial charge in [-0.25, -0.2) is 9.97 Å². The normalized spacial score (nSPS) is 9.95. The van der Waals surface area contributed by atoms with Crippen molar-refractivity contribution in [3.05, 3.63) is 36.4 Å². The lowest BCUT2D eigenvalue weighted by molar-refractivity contribution is 0.102. The summed E-state index contributed by atoms with van der Waals surface area (Å²) in [5.41, 5.74) is 0.229. The molecule has 0 aliphatic carbocycles. The van der Waals surface area contributed by atoms with E-state index < -0.39 is 0 Å². The first-order chi connectivity index (χ1) is 9.29. The molecule has 7 nitrogen and oxygen atoms in total. The van der Waals surface area contributed by atoms with E-state index in [1.807, 2.05) is 0 Å². The minimum atomic E-state index is -0.366. The zero-order chi connectivity index (χ0) is 13.5. The Morgan fingerprint density at radius 2 is 2.16 bits per heavy atom. The highest BCUT2D eigenvalue weighted by atomic mass is 16.1. The molecule has 0 spiro atoms. The average Bonchev–Trinajstić information content (AvgIpc) is 2.46. The fraction of sp³-hybridized carbons (Fsp3) is 0.250. The van der Waals surface area contributed by atoms with Gasteiger partial charge in [0.15, 0.2) is 5.82 Å². The van der Waals surface area contributed by atoms with Gasteiger partial charge in [0, 0.05) is 12.7 Å². The van der Waals surface area contributed by atoms with Crippen molar-refractivity contribution in [1.82, 2.24) is 20.2 Å². The summed E-state index contributed by atoms with van der Waals surface area (Å²) in [6, 6.07) is 3.33. The van der Waals surface area contributed by atoms with E-state index in [-0.39, 0.29) is 11.6 Å². The third-order valence-corrected chi connectivity index (χ3v) is 2.25. The second kappa shape index (κ2) is 6.39. The summed E-state index contributed by atoms with van der Waals surface area (Å²) >= 11 is 0. The molecule has 0 bridgehead atoms. The number of carbonyl (C=O) groups is 1. The predicted molar refractivity (Wildman–Crippen MR) is 70.8 cm³/mol. The number of anilines is 2. The van der Waals surface area contributed by atoms with E-state index >= 15 is 0 Å². The summed E-state index contributed by atoms with van der Waals surface area (Å²) in [5, 5.41) is 13.1. The van der Waals surface area contributed by atoms with Crippen LogP contribution in [0.1, 0.15) is 23.8 Å². The first-order valence-corrected chi connectivity index (χ1v) is 5.94. The molecule has 2 heterocycles. The maximum atomic E-state index is 11.8. The van der Waals surface area contributed by atoms with Crippen LogP contribution in [0.4, 0.5) is 11.6 Å². The van der Waals surface area contributed by atoms with Gasteiger partial charge in [-0.15, -0.1) is 5.10 Å². The second-order valence-corrected chi connectivity index (χ2v) is 3.78. The van der Waals surface area contributed by atoms with Crippen LogP contribution >= 0.6 is 0 Å². The Balaban J connectivity index is 1.99. The minimum Gasteiger partial charge on any atom is -0.369 e. The zero-order valence-electron chi connectivity index (χ0n) is 10.5. The summed E-state index contributed by atoms with van der Waals surface area (Å²) in [6.07, 6.45) is 5.48. The predicted octanol–water partition coefficient (Wildman–Crippen LogP) is 1.34. The van der Waals surface area contributed by atoms with E-state index in [0.29, 0.717) is 11.6 Å². The van der Waals surface area contributed by atoms with Gasteiger partial charge < -0.3 is 10.6 Å². The molecule has 98 valence electrons. The Kier molecular flexibility index (Phi) is 4.33. The van der Waals surface area contributed by atoms with Crippen LogP contribution in [0.15, 0.2) is 30.7 Å². The number of nitrogens with one attached hydrogen (secondary N) is 2. The van der Waals surface area contributed by atoms with Crippen molar-refractivity contribution in [2.45, 2.75) is 13.3 Å². The van der Waals surface area contributed by atoms with Crippen LogP contribution in [-0.4, -0.2) is 32.6 Å². The summed E-state index contributed by atoms with van der Waals surface area (Å²) in [5.74, 6) is 0.662. The minimum absolute atomic E-state index is 0.229. The molecule has 1 amide bonds. The molecular formula is C12H14N6O. The van der Waals surface area contributed by atoms with E-state index in [1.165, 1.54) is 18.6 Å². The second-order valence-electron chi connectivity index (χ2n) is 3.78. The lowest BCUT2D eigenvalue weighted by atomic mass is 10.4. The number of nitrogens with zero attached hydrogens (tertiary/aromatic N) is 4. The van der Waals surface area contributed by atoms with Crippen molar-refractivity contribution >= 4 is 17.5 Å². The fourth-order valence-electron chi connectivity index (χ4n) is 1.34. The van der Waals surface area contributed by atoms with Gasteiger partial charge in [0.1, 0.15) is 11.5 Å². The van der Waals surface area contributed by atoms with Gasteiger partial charge in [0.25, 0.3) is 5.91 Å². The largest absolute Gasteiger partial charge is 0.369 e. The average molecular weight is 258 g/mol. The van der Waals surface area contributed by atoms with Gasteiger partial charge in [-0.3, -0.25) is 4.79 Å². The molecule has 0 saturated carbocycles. The van der Waals surface area contributed by atoms with Crippen molar-refractivity contribution in [1.29, 1.82) is 0 Å². The Hall–Kier alpha value is -2.57. The molecule has 2 rings (SSSR count). The SMILES string of the molecule is CCCNc1cnc(C(=O)Nc2cccnn2)cn1. The third kappa shape index (κ3) is 3.70. The van der Waals surface area contributed by atoms with Crippen molar-refractivity contribution in [3.63, 3.8) is 0 Å². The van der Waals surface area contributed by atoms with E-state index in [9.17, 15) is 4.79 Å². The number of hydrogen-bond acceptors (Lipinski definition) is 6. The van der Waals surface area contributed by atoms with Gasteiger partial charge in [0.2, 0.25) is 0 Å². The van der Waals surface area contributed by atoms with Crippen molar-refractivity contribution in [2.24, 2.45) is 0 Å². The molecule has 0 atom stereocenters. The maximum absolute atomic E-state index is 11.8. The van der Waals surface area contributed by atoms with E-state index in [1.54, 1.807) is 12.1 Å². The van der Waals surface area contributed by atoms with Gasteiger partial charge in [-0.1, -0.05) is 6.92 Å². The van der Waals surface area contributed by atoms with Gasteiger partial charge >= 0.3 is 0 Å². The smallest absolute Gasteiger partial charge is 0.277 e. The van der Waals surface area contributed by atoms with Crippen LogP contribution in [-0.2, 0) is 0 Å². The first kappa shape index (κ1) is 12.9. The Morgan fingerprint density at radius 3 is 2.79 bits per heavy atom. The monoisotopic (exact) mass is 258 g/mol. The van der Waals surface area contributed by atoms with Crippen LogP contribution in [0, 0.1) is 0 Å². The van der Waals surface area contributed by atoms with E-state index in [4.69, 9.17) is 0 Å². The van der Waals surface area contributed by atoms with Crippen LogP contribution in [0.25, 0.3) is 0 Å². The van der Waals surface area contributed by atoms with E-state index in [0.717, 1.165) is 13.0 Å². The fourth-order valence-corrected chi connectivity index (χ4v) is 1.34. The lowest BCUT2D eigenvalue weighted by Crippen LogP contribution is -2.15. The van der Waals surface area contributed by atoms with Crippen LogP contribution < -0.4 is 10.6 Å². The van der Waals surface area contributed by atoms with Gasteiger partial charge in [-0.05, 0) is 18.6 Å². The molecular weight excluding hydrogens is 244 g/mol. The maximum Gasteiger partial charge on any atom is 0.277 e. The molecule has 19 heavy (non-hydrogen) atoms. The lowest BCUT2D eigenvalue weighted by Gasteiger charge is -2.05. The standard InChI is InChI=1S/C12H14N6O/c1-2-5-13-11-8-14-9(7-15-11)12(19)17-10-4-3-6-16-18-10/h3-4,6-8H,2,5H2,1H3,(H,13,15)(H,17,18,19). The summed E-state index contributed by atoms with van der Waals surface area (Å²) in [6.45, 7) is 2.88.